The zero-order chi connectivity index (χ0) is 14.7. The number of aromatic nitrogens is 4. The van der Waals surface area contributed by atoms with Crippen LogP contribution in [0.25, 0.3) is 11.4 Å². The molecule has 108 valence electrons. The molecule has 0 aromatic carbocycles. The molecule has 0 fully saturated rings. The minimum Gasteiger partial charge on any atom is -0.370 e. The quantitative estimate of drug-likeness (QED) is 0.908. The molecule has 0 radical (unpaired) electrons. The van der Waals surface area contributed by atoms with Crippen LogP contribution in [0, 0.1) is 6.92 Å². The summed E-state index contributed by atoms with van der Waals surface area (Å²) < 4.78 is 1.89. The fraction of sp³-hybridized carbons (Fsp3) is 0.533. The third-order valence-corrected chi connectivity index (χ3v) is 3.27. The fourth-order valence-electron chi connectivity index (χ4n) is 2.36. The van der Waals surface area contributed by atoms with Gasteiger partial charge in [0.2, 0.25) is 0 Å². The van der Waals surface area contributed by atoms with Crippen LogP contribution in [0.4, 0.5) is 5.82 Å². The van der Waals surface area contributed by atoms with Crippen LogP contribution in [0.2, 0.25) is 0 Å². The van der Waals surface area contributed by atoms with Crippen LogP contribution >= 0.6 is 0 Å². The van der Waals surface area contributed by atoms with E-state index in [9.17, 15) is 0 Å². The van der Waals surface area contributed by atoms with Crippen molar-refractivity contribution in [3.8, 4) is 11.4 Å². The van der Waals surface area contributed by atoms with Gasteiger partial charge in [-0.25, -0.2) is 9.97 Å². The first kappa shape index (κ1) is 14.5. The maximum Gasteiger partial charge on any atom is 0.164 e. The second-order valence-corrected chi connectivity index (χ2v) is 5.16. The van der Waals surface area contributed by atoms with Crippen LogP contribution in [0.15, 0.2) is 12.4 Å². The highest BCUT2D eigenvalue weighted by atomic mass is 15.3. The van der Waals surface area contributed by atoms with Gasteiger partial charge < -0.3 is 5.32 Å². The van der Waals surface area contributed by atoms with Gasteiger partial charge in [-0.1, -0.05) is 13.8 Å². The third kappa shape index (κ3) is 2.81. The van der Waals surface area contributed by atoms with Crippen molar-refractivity contribution in [2.45, 2.75) is 47.1 Å². The fourth-order valence-corrected chi connectivity index (χ4v) is 2.36. The van der Waals surface area contributed by atoms with Crippen molar-refractivity contribution in [3.63, 3.8) is 0 Å². The van der Waals surface area contributed by atoms with Crippen molar-refractivity contribution >= 4 is 5.82 Å². The zero-order valence-electron chi connectivity index (χ0n) is 12.9. The molecule has 2 aromatic rings. The van der Waals surface area contributed by atoms with E-state index in [-0.39, 0.29) is 0 Å². The topological polar surface area (TPSA) is 55.6 Å². The molecular weight excluding hydrogens is 250 g/mol. The van der Waals surface area contributed by atoms with Crippen molar-refractivity contribution in [2.75, 3.05) is 11.9 Å². The van der Waals surface area contributed by atoms with E-state index in [2.05, 4.69) is 48.1 Å². The summed E-state index contributed by atoms with van der Waals surface area (Å²) in [5, 5.41) is 7.64. The third-order valence-electron chi connectivity index (χ3n) is 3.27. The minimum atomic E-state index is 0.400. The molecule has 2 rings (SSSR count). The Balaban J connectivity index is 2.50. The maximum atomic E-state index is 4.69. The van der Waals surface area contributed by atoms with E-state index in [0.29, 0.717) is 5.92 Å². The van der Waals surface area contributed by atoms with Crippen molar-refractivity contribution in [1.29, 1.82) is 0 Å². The maximum absolute atomic E-state index is 4.69. The van der Waals surface area contributed by atoms with Gasteiger partial charge in [0, 0.05) is 30.5 Å². The minimum absolute atomic E-state index is 0.400. The van der Waals surface area contributed by atoms with E-state index in [0.717, 1.165) is 36.0 Å². The van der Waals surface area contributed by atoms with E-state index in [4.69, 9.17) is 0 Å². The molecule has 0 saturated carbocycles. The molecular formula is C15H23N5. The lowest BCUT2D eigenvalue weighted by molar-refractivity contribution is 0.660. The number of hydrogen-bond donors (Lipinski definition) is 1. The summed E-state index contributed by atoms with van der Waals surface area (Å²) in [6.45, 7) is 12.2. The Morgan fingerprint density at radius 1 is 1.25 bits per heavy atom. The molecule has 0 unspecified atom stereocenters. The first-order valence-corrected chi connectivity index (χ1v) is 7.22. The highest BCUT2D eigenvalue weighted by Crippen LogP contribution is 2.27. The number of anilines is 1. The highest BCUT2D eigenvalue weighted by Gasteiger charge is 2.15. The van der Waals surface area contributed by atoms with E-state index >= 15 is 0 Å². The Morgan fingerprint density at radius 3 is 2.55 bits per heavy atom. The van der Waals surface area contributed by atoms with Gasteiger partial charge in [-0.2, -0.15) is 5.10 Å². The van der Waals surface area contributed by atoms with Crippen molar-refractivity contribution in [2.24, 2.45) is 0 Å². The second-order valence-electron chi connectivity index (χ2n) is 5.16. The average Bonchev–Trinajstić information content (AvgIpc) is 2.86. The molecule has 0 aliphatic heterocycles. The van der Waals surface area contributed by atoms with Crippen LogP contribution in [0.5, 0.6) is 0 Å². The van der Waals surface area contributed by atoms with Crippen molar-refractivity contribution in [1.82, 2.24) is 19.7 Å². The largest absolute Gasteiger partial charge is 0.370 e. The Kier molecular flexibility index (Phi) is 4.37. The van der Waals surface area contributed by atoms with Crippen LogP contribution in [0.1, 0.15) is 44.9 Å². The number of aryl methyl sites for hydroxylation is 2. The molecule has 0 bridgehead atoms. The number of nitrogens with one attached hydrogen (secondary N) is 1. The molecule has 0 atom stereocenters. The molecule has 0 aliphatic rings. The van der Waals surface area contributed by atoms with Gasteiger partial charge in [0.05, 0.1) is 11.8 Å². The number of rotatable bonds is 5. The van der Waals surface area contributed by atoms with Gasteiger partial charge in [0.25, 0.3) is 0 Å². The van der Waals surface area contributed by atoms with Gasteiger partial charge in [-0.05, 0) is 26.7 Å². The van der Waals surface area contributed by atoms with E-state index in [1.807, 2.05) is 24.0 Å². The Bertz CT molecular complexity index is 586. The van der Waals surface area contributed by atoms with Crippen LogP contribution in [-0.4, -0.2) is 26.3 Å². The lowest BCUT2D eigenvalue weighted by Crippen LogP contribution is -2.09. The summed E-state index contributed by atoms with van der Waals surface area (Å²) in [7, 11) is 0. The Labute approximate surface area is 120 Å². The standard InChI is InChI=1S/C15H23N5/c1-6-16-15-13(10(3)4)11(5)18-14(19-15)12-8-17-20(7-2)9-12/h8-10H,6-7H2,1-5H3,(H,16,18,19). The molecule has 2 aromatic heterocycles. The van der Waals surface area contributed by atoms with Gasteiger partial charge in [-0.15, -0.1) is 0 Å². The second kappa shape index (κ2) is 6.03. The summed E-state index contributed by atoms with van der Waals surface area (Å²) >= 11 is 0. The lowest BCUT2D eigenvalue weighted by Gasteiger charge is -2.16. The normalized spacial score (nSPS) is 11.1. The molecule has 0 spiro atoms. The van der Waals surface area contributed by atoms with Gasteiger partial charge >= 0.3 is 0 Å². The molecule has 5 heteroatoms. The van der Waals surface area contributed by atoms with Crippen molar-refractivity contribution in [3.05, 3.63) is 23.7 Å². The lowest BCUT2D eigenvalue weighted by atomic mass is 10.0. The SMILES string of the molecule is CCNc1nc(-c2cnn(CC)c2)nc(C)c1C(C)C. The Hall–Kier alpha value is -1.91. The number of hydrogen-bond acceptors (Lipinski definition) is 4. The van der Waals surface area contributed by atoms with Crippen LogP contribution in [0.3, 0.4) is 0 Å². The summed E-state index contributed by atoms with van der Waals surface area (Å²) in [4.78, 5) is 9.34. The van der Waals surface area contributed by atoms with Gasteiger partial charge in [0.1, 0.15) is 5.82 Å². The molecule has 0 amide bonds. The zero-order valence-corrected chi connectivity index (χ0v) is 12.9. The van der Waals surface area contributed by atoms with Gasteiger partial charge in [-0.3, -0.25) is 4.68 Å². The summed E-state index contributed by atoms with van der Waals surface area (Å²) in [6, 6.07) is 0. The molecule has 1 N–H and O–H groups in total. The molecule has 5 nitrogen and oxygen atoms in total. The van der Waals surface area contributed by atoms with E-state index < -0.39 is 0 Å². The van der Waals surface area contributed by atoms with Crippen molar-refractivity contribution < 1.29 is 0 Å². The van der Waals surface area contributed by atoms with Crippen LogP contribution in [-0.2, 0) is 6.54 Å². The first-order chi connectivity index (χ1) is 9.56. The van der Waals surface area contributed by atoms with Crippen LogP contribution < -0.4 is 5.32 Å². The summed E-state index contributed by atoms with van der Waals surface area (Å²) in [6.07, 6.45) is 3.81. The molecule has 2 heterocycles. The number of nitrogens with zero attached hydrogens (tertiary/aromatic N) is 4. The molecule has 0 saturated heterocycles. The smallest absolute Gasteiger partial charge is 0.164 e. The van der Waals surface area contributed by atoms with E-state index in [1.54, 1.807) is 0 Å². The monoisotopic (exact) mass is 273 g/mol. The average molecular weight is 273 g/mol. The van der Waals surface area contributed by atoms with E-state index in [1.165, 1.54) is 5.56 Å². The Morgan fingerprint density at radius 2 is 2.00 bits per heavy atom. The van der Waals surface area contributed by atoms with Gasteiger partial charge in [0.15, 0.2) is 5.82 Å². The summed E-state index contributed by atoms with van der Waals surface area (Å²) in [5.74, 6) is 2.08. The first-order valence-electron chi connectivity index (χ1n) is 7.22. The highest BCUT2D eigenvalue weighted by molar-refractivity contribution is 5.59. The predicted octanol–water partition coefficient (Wildman–Crippen LogP) is 3.22. The molecule has 0 aliphatic carbocycles. The molecule has 20 heavy (non-hydrogen) atoms. The summed E-state index contributed by atoms with van der Waals surface area (Å²) in [5.41, 5.74) is 3.19. The predicted molar refractivity (Wildman–Crippen MR) is 81.9 cm³/mol.